The number of carbonyl (C=O) groups is 2. The number of carbonyl (C=O) groups excluding carboxylic acids is 2. The summed E-state index contributed by atoms with van der Waals surface area (Å²) >= 11 is 0. The Labute approximate surface area is 162 Å². The van der Waals surface area contributed by atoms with Crippen LogP contribution < -0.4 is 4.90 Å². The number of aromatic nitrogens is 1. The monoisotopic (exact) mass is 366 g/mol. The van der Waals surface area contributed by atoms with Gasteiger partial charge in [-0.15, -0.1) is 0 Å². The number of rotatable bonds is 1. The molecule has 1 aromatic heterocycles. The maximum absolute atomic E-state index is 13.6. The van der Waals surface area contributed by atoms with Crippen molar-refractivity contribution in [2.24, 2.45) is 11.8 Å². The average molecular weight is 366 g/mol. The minimum atomic E-state index is -0.525. The largest absolute Gasteiger partial charge is 0.274 e. The molecule has 0 N–H and O–H groups in total. The fourth-order valence-electron chi connectivity index (χ4n) is 5.86. The van der Waals surface area contributed by atoms with Gasteiger partial charge in [-0.3, -0.25) is 9.59 Å². The van der Waals surface area contributed by atoms with Crippen LogP contribution in [0.3, 0.4) is 0 Å². The first kappa shape index (κ1) is 15.8. The van der Waals surface area contributed by atoms with E-state index < -0.39 is 11.3 Å². The summed E-state index contributed by atoms with van der Waals surface area (Å²) in [6.45, 7) is 2.13. The third-order valence-corrected chi connectivity index (χ3v) is 6.92. The van der Waals surface area contributed by atoms with Crippen LogP contribution >= 0.6 is 0 Å². The molecule has 1 fully saturated rings. The maximum Gasteiger partial charge on any atom is 0.240 e. The summed E-state index contributed by atoms with van der Waals surface area (Å²) in [6.07, 6.45) is 1.62. The SMILES string of the molecule is CC12c3ccccc3C(c3ccccc31)[C@H]1C(=O)N(c3ccccn3)C(=O)[C@@H]12. The van der Waals surface area contributed by atoms with Gasteiger partial charge >= 0.3 is 0 Å². The topological polar surface area (TPSA) is 50.3 Å². The van der Waals surface area contributed by atoms with Crippen LogP contribution in [0.25, 0.3) is 0 Å². The van der Waals surface area contributed by atoms with Gasteiger partial charge in [0.05, 0.1) is 11.8 Å². The zero-order valence-electron chi connectivity index (χ0n) is 15.4. The Morgan fingerprint density at radius 2 is 1.43 bits per heavy atom. The number of amides is 2. The molecule has 2 heterocycles. The highest BCUT2D eigenvalue weighted by Crippen LogP contribution is 2.63. The quantitative estimate of drug-likeness (QED) is 0.618. The first-order valence-corrected chi connectivity index (χ1v) is 9.61. The predicted molar refractivity (Wildman–Crippen MR) is 105 cm³/mol. The van der Waals surface area contributed by atoms with Crippen LogP contribution in [0.4, 0.5) is 5.82 Å². The second-order valence-corrected chi connectivity index (χ2v) is 8.06. The predicted octanol–water partition coefficient (Wildman–Crippen LogP) is 3.65. The van der Waals surface area contributed by atoms with Crippen molar-refractivity contribution in [2.45, 2.75) is 18.3 Å². The standard InChI is InChI=1S/C24H18N2O2/c1-24-16-10-4-2-8-14(16)19(15-9-3-5-11-17(15)24)20-21(24)23(28)26(22(20)27)18-12-6-7-13-25-18/h2-13,19-21H,1H3/t19?,20-,21-,24?/m1/s1. The van der Waals surface area contributed by atoms with Gasteiger partial charge in [-0.1, -0.05) is 61.5 Å². The number of imide groups is 1. The molecule has 136 valence electrons. The lowest BCUT2D eigenvalue weighted by atomic mass is 9.48. The molecule has 2 aromatic carbocycles. The van der Waals surface area contributed by atoms with E-state index >= 15 is 0 Å². The van der Waals surface area contributed by atoms with Crippen LogP contribution in [0, 0.1) is 11.8 Å². The highest BCUT2D eigenvalue weighted by molar-refractivity contribution is 6.23. The molecule has 0 saturated carbocycles. The van der Waals surface area contributed by atoms with Crippen molar-refractivity contribution in [1.82, 2.24) is 4.98 Å². The van der Waals surface area contributed by atoms with Gasteiger partial charge in [0.2, 0.25) is 11.8 Å². The molecule has 0 spiro atoms. The molecule has 7 rings (SSSR count). The van der Waals surface area contributed by atoms with Crippen molar-refractivity contribution in [3.8, 4) is 0 Å². The zero-order valence-corrected chi connectivity index (χ0v) is 15.4. The van der Waals surface area contributed by atoms with Crippen molar-refractivity contribution >= 4 is 17.6 Å². The lowest BCUT2D eigenvalue weighted by Gasteiger charge is -2.52. The summed E-state index contributed by atoms with van der Waals surface area (Å²) in [5.74, 6) is -0.729. The van der Waals surface area contributed by atoms with Gasteiger partial charge in [-0.25, -0.2) is 9.88 Å². The zero-order chi connectivity index (χ0) is 19.0. The normalized spacial score (nSPS) is 29.5. The molecule has 4 nitrogen and oxygen atoms in total. The van der Waals surface area contributed by atoms with Gasteiger partial charge in [0.25, 0.3) is 0 Å². The number of anilines is 1. The molecule has 0 radical (unpaired) electrons. The number of benzene rings is 2. The van der Waals surface area contributed by atoms with Crippen LogP contribution in [-0.4, -0.2) is 16.8 Å². The molecule has 4 heteroatoms. The van der Waals surface area contributed by atoms with Gasteiger partial charge in [0.1, 0.15) is 5.82 Å². The molecule has 1 aliphatic heterocycles. The van der Waals surface area contributed by atoms with Crippen molar-refractivity contribution in [3.63, 3.8) is 0 Å². The summed E-state index contributed by atoms with van der Waals surface area (Å²) in [7, 11) is 0. The molecular weight excluding hydrogens is 348 g/mol. The third kappa shape index (κ3) is 1.65. The molecule has 2 amide bonds. The molecule has 4 aliphatic rings. The number of hydrogen-bond acceptors (Lipinski definition) is 3. The summed E-state index contributed by atoms with van der Waals surface area (Å²) in [6, 6.07) is 21.9. The van der Waals surface area contributed by atoms with E-state index in [-0.39, 0.29) is 23.7 Å². The Bertz CT molecular complexity index is 1110. The molecule has 0 unspecified atom stereocenters. The van der Waals surface area contributed by atoms with E-state index in [0.29, 0.717) is 5.82 Å². The van der Waals surface area contributed by atoms with Gasteiger partial charge in [0.15, 0.2) is 0 Å². The van der Waals surface area contributed by atoms with Crippen LogP contribution in [0.5, 0.6) is 0 Å². The van der Waals surface area contributed by atoms with Crippen molar-refractivity contribution in [2.75, 3.05) is 4.90 Å². The lowest BCUT2D eigenvalue weighted by Crippen LogP contribution is -2.51. The van der Waals surface area contributed by atoms with Gasteiger partial charge in [-0.2, -0.15) is 0 Å². The number of pyridine rings is 1. The first-order chi connectivity index (χ1) is 13.6. The molecule has 2 atom stereocenters. The minimum Gasteiger partial charge on any atom is -0.274 e. The third-order valence-electron chi connectivity index (χ3n) is 6.92. The number of nitrogens with zero attached hydrogens (tertiary/aromatic N) is 2. The molecule has 3 aromatic rings. The Morgan fingerprint density at radius 1 is 0.821 bits per heavy atom. The Morgan fingerprint density at radius 3 is 2.04 bits per heavy atom. The van der Waals surface area contributed by atoms with Gasteiger partial charge in [0, 0.05) is 17.5 Å². The first-order valence-electron chi connectivity index (χ1n) is 9.61. The van der Waals surface area contributed by atoms with E-state index in [4.69, 9.17) is 0 Å². The highest BCUT2D eigenvalue weighted by Gasteiger charge is 2.66. The highest BCUT2D eigenvalue weighted by atomic mass is 16.2. The minimum absolute atomic E-state index is 0.0932. The molecule has 28 heavy (non-hydrogen) atoms. The maximum atomic E-state index is 13.6. The van der Waals surface area contributed by atoms with E-state index in [2.05, 4.69) is 36.2 Å². The van der Waals surface area contributed by atoms with E-state index in [1.54, 1.807) is 18.3 Å². The second kappa shape index (κ2) is 5.16. The Hall–Kier alpha value is -3.27. The Balaban J connectivity index is 1.64. The number of hydrogen-bond donors (Lipinski definition) is 0. The summed E-state index contributed by atoms with van der Waals surface area (Å²) in [5, 5.41) is 0. The van der Waals surface area contributed by atoms with Gasteiger partial charge < -0.3 is 0 Å². The summed E-state index contributed by atoms with van der Waals surface area (Å²) in [5.41, 5.74) is 4.17. The van der Waals surface area contributed by atoms with Crippen molar-refractivity contribution in [1.29, 1.82) is 0 Å². The lowest BCUT2D eigenvalue weighted by molar-refractivity contribution is -0.123. The smallest absolute Gasteiger partial charge is 0.240 e. The molecule has 1 saturated heterocycles. The summed E-state index contributed by atoms with van der Waals surface area (Å²) < 4.78 is 0. The fourth-order valence-corrected chi connectivity index (χ4v) is 5.86. The van der Waals surface area contributed by atoms with Crippen molar-refractivity contribution < 1.29 is 9.59 Å². The van der Waals surface area contributed by atoms with Crippen LogP contribution in [-0.2, 0) is 15.0 Å². The molecule has 3 aliphatic carbocycles. The van der Waals surface area contributed by atoms with E-state index in [1.165, 1.54) is 27.2 Å². The van der Waals surface area contributed by atoms with E-state index in [0.717, 1.165) is 0 Å². The molecular formula is C24H18N2O2. The van der Waals surface area contributed by atoms with Crippen LogP contribution in [0.2, 0.25) is 0 Å². The van der Waals surface area contributed by atoms with Crippen LogP contribution in [0.1, 0.15) is 35.1 Å². The van der Waals surface area contributed by atoms with E-state index in [1.807, 2.05) is 30.3 Å². The second-order valence-electron chi connectivity index (χ2n) is 8.06. The molecule has 2 bridgehead atoms. The fraction of sp³-hybridized carbons (Fsp3) is 0.208. The van der Waals surface area contributed by atoms with E-state index in [9.17, 15) is 9.59 Å². The van der Waals surface area contributed by atoms with Crippen LogP contribution in [0.15, 0.2) is 72.9 Å². The van der Waals surface area contributed by atoms with Gasteiger partial charge in [-0.05, 0) is 34.4 Å². The average Bonchev–Trinajstić information content (AvgIpc) is 3.01. The summed E-state index contributed by atoms with van der Waals surface area (Å²) in [4.78, 5) is 32.8. The Kier molecular flexibility index (Phi) is 2.91. The van der Waals surface area contributed by atoms with Crippen molar-refractivity contribution in [3.05, 3.63) is 95.2 Å².